The summed E-state index contributed by atoms with van der Waals surface area (Å²) in [5.74, 6) is 0.668. The van der Waals surface area contributed by atoms with Crippen molar-refractivity contribution in [2.24, 2.45) is 0 Å². The van der Waals surface area contributed by atoms with Gasteiger partial charge in [0.2, 0.25) is 5.91 Å². The number of sulfone groups is 1. The summed E-state index contributed by atoms with van der Waals surface area (Å²) in [5.41, 5.74) is 2.97. The highest BCUT2D eigenvalue weighted by molar-refractivity contribution is 7.97. The lowest BCUT2D eigenvalue weighted by atomic mass is 10.0. The monoisotopic (exact) mass is 409 g/mol. The van der Waals surface area contributed by atoms with E-state index < -0.39 is 10.2 Å². The van der Waals surface area contributed by atoms with Crippen LogP contribution in [0, 0.1) is 6.92 Å². The zero-order chi connectivity index (χ0) is 20.6. The maximum atomic E-state index is 13.2. The first-order chi connectivity index (χ1) is 13.9. The van der Waals surface area contributed by atoms with Crippen LogP contribution < -0.4 is 4.90 Å². The predicted molar refractivity (Wildman–Crippen MR) is 113 cm³/mol. The molecular weight excluding hydrogens is 386 g/mol. The van der Waals surface area contributed by atoms with Gasteiger partial charge in [-0.05, 0) is 31.0 Å². The van der Waals surface area contributed by atoms with Crippen molar-refractivity contribution in [3.8, 4) is 11.1 Å². The van der Waals surface area contributed by atoms with Crippen LogP contribution in [0.5, 0.6) is 0 Å². The second kappa shape index (κ2) is 7.57. The molecule has 0 saturated carbocycles. The van der Waals surface area contributed by atoms with E-state index in [1.165, 1.54) is 6.26 Å². The second-order valence-electron chi connectivity index (χ2n) is 7.34. The Morgan fingerprint density at radius 2 is 1.79 bits per heavy atom. The Balaban J connectivity index is 1.81. The first kappa shape index (κ1) is 19.5. The number of hydrogen-bond donors (Lipinski definition) is 0. The topological polar surface area (TPSA) is 78.3 Å². The molecule has 1 amide bonds. The van der Waals surface area contributed by atoms with Crippen LogP contribution in [-0.2, 0) is 32.2 Å². The lowest BCUT2D eigenvalue weighted by Crippen LogP contribution is -2.38. The Labute approximate surface area is 171 Å². The smallest absolute Gasteiger partial charge is 0.232 e. The number of amides is 1. The Bertz CT molecular complexity index is 1100. The van der Waals surface area contributed by atoms with Gasteiger partial charge in [0, 0.05) is 18.7 Å². The normalized spacial score (nSPS) is 15.6. The van der Waals surface area contributed by atoms with Gasteiger partial charge in [0.1, 0.15) is 12.1 Å². The highest BCUT2D eigenvalue weighted by atomic mass is 32.3. The van der Waals surface area contributed by atoms with E-state index in [0.29, 0.717) is 30.0 Å². The van der Waals surface area contributed by atoms with Gasteiger partial charge in [-0.3, -0.25) is 9.69 Å². The van der Waals surface area contributed by atoms with Crippen LogP contribution in [0.4, 0.5) is 5.82 Å². The van der Waals surface area contributed by atoms with Gasteiger partial charge < -0.3 is 4.55 Å². The minimum Gasteiger partial charge on any atom is -0.610 e. The number of fused-ring (bicyclic) bond motifs is 1. The highest BCUT2D eigenvalue weighted by Gasteiger charge is 2.32. The lowest BCUT2D eigenvalue weighted by molar-refractivity contribution is -0.118. The Hall–Kier alpha value is -2.77. The number of aromatic nitrogens is 2. The largest absolute Gasteiger partial charge is 0.610 e. The number of nitrogens with zero attached hydrogens (tertiary/aromatic N) is 3. The van der Waals surface area contributed by atoms with Crippen LogP contribution in [0.1, 0.15) is 17.7 Å². The number of anilines is 1. The number of carbonyl (C=O) groups is 1. The average molecular weight is 410 g/mol. The standard InChI is InChI=1S/C22H23N3O3S/c1-16-21(18-11-6-7-12-19(18)29(2,27)28)22-24(13-8-14-25(22)23-16)20(26)15-17-9-4-3-5-10-17/h3-7,9-12H,8,13-15H2,1-2H3. The first-order valence-electron chi connectivity index (χ1n) is 9.57. The molecule has 3 aromatic rings. The fourth-order valence-electron chi connectivity index (χ4n) is 3.90. The Kier molecular flexibility index (Phi) is 5.10. The molecule has 0 N–H and O–H groups in total. The third-order valence-corrected chi connectivity index (χ3v) is 6.32. The van der Waals surface area contributed by atoms with E-state index in [-0.39, 0.29) is 17.2 Å². The predicted octanol–water partition coefficient (Wildman–Crippen LogP) is 3.46. The third kappa shape index (κ3) is 3.75. The molecule has 1 aromatic heterocycles. The summed E-state index contributed by atoms with van der Waals surface area (Å²) in [6, 6.07) is 16.5. The van der Waals surface area contributed by atoms with Gasteiger partial charge in [0.25, 0.3) is 0 Å². The van der Waals surface area contributed by atoms with Crippen molar-refractivity contribution in [3.63, 3.8) is 0 Å². The van der Waals surface area contributed by atoms with Crippen molar-refractivity contribution < 1.29 is 13.6 Å². The molecule has 1 unspecified atom stereocenters. The van der Waals surface area contributed by atoms with Crippen LogP contribution in [-0.4, -0.2) is 33.0 Å². The number of rotatable bonds is 4. The molecule has 2 heterocycles. The summed E-state index contributed by atoms with van der Waals surface area (Å²) in [7, 11) is -3.43. The van der Waals surface area contributed by atoms with Gasteiger partial charge in [0.05, 0.1) is 27.9 Å². The summed E-state index contributed by atoms with van der Waals surface area (Å²) < 4.78 is 26.6. The van der Waals surface area contributed by atoms with E-state index in [4.69, 9.17) is 0 Å². The molecule has 1 aliphatic rings. The molecule has 0 fully saturated rings. The van der Waals surface area contributed by atoms with E-state index in [1.807, 2.05) is 48.0 Å². The van der Waals surface area contributed by atoms with Crippen LogP contribution in [0.25, 0.3) is 11.1 Å². The first-order valence-corrected chi connectivity index (χ1v) is 11.5. The summed E-state index contributed by atoms with van der Waals surface area (Å²) in [4.78, 5) is 15.2. The number of carbonyl (C=O) groups excluding carboxylic acids is 1. The summed E-state index contributed by atoms with van der Waals surface area (Å²) in [6.07, 6.45) is 2.30. The molecular formula is C22H23N3O3S. The van der Waals surface area contributed by atoms with Gasteiger partial charge in [0.15, 0.2) is 4.90 Å². The van der Waals surface area contributed by atoms with E-state index >= 15 is 0 Å². The highest BCUT2D eigenvalue weighted by Crippen LogP contribution is 2.40. The van der Waals surface area contributed by atoms with Crippen molar-refractivity contribution in [1.29, 1.82) is 0 Å². The Morgan fingerprint density at radius 1 is 1.10 bits per heavy atom. The quantitative estimate of drug-likeness (QED) is 0.618. The average Bonchev–Trinajstić information content (AvgIpc) is 3.03. The van der Waals surface area contributed by atoms with Crippen molar-refractivity contribution >= 4 is 21.9 Å². The molecule has 7 heteroatoms. The zero-order valence-corrected chi connectivity index (χ0v) is 17.3. The second-order valence-corrected chi connectivity index (χ2v) is 9.32. The van der Waals surface area contributed by atoms with E-state index in [0.717, 1.165) is 17.7 Å². The van der Waals surface area contributed by atoms with Crippen molar-refractivity contribution in [1.82, 2.24) is 9.78 Å². The molecule has 1 atom stereocenters. The maximum Gasteiger partial charge on any atom is 0.232 e. The molecule has 4 rings (SSSR count). The maximum absolute atomic E-state index is 13.2. The zero-order valence-electron chi connectivity index (χ0n) is 16.5. The van der Waals surface area contributed by atoms with Gasteiger partial charge in [-0.2, -0.15) is 5.10 Å². The van der Waals surface area contributed by atoms with Gasteiger partial charge in [-0.15, -0.1) is 4.21 Å². The molecule has 0 bridgehead atoms. The fourth-order valence-corrected chi connectivity index (χ4v) is 4.80. The van der Waals surface area contributed by atoms with Crippen LogP contribution >= 0.6 is 0 Å². The fraction of sp³-hybridized carbons (Fsp3) is 0.273. The van der Waals surface area contributed by atoms with E-state index in [1.54, 1.807) is 23.1 Å². The number of aryl methyl sites for hydroxylation is 2. The molecule has 29 heavy (non-hydrogen) atoms. The van der Waals surface area contributed by atoms with E-state index in [9.17, 15) is 13.6 Å². The third-order valence-electron chi connectivity index (χ3n) is 5.16. The molecule has 0 spiro atoms. The van der Waals surface area contributed by atoms with Crippen LogP contribution in [0.15, 0.2) is 59.5 Å². The molecule has 1 aliphatic heterocycles. The summed E-state index contributed by atoms with van der Waals surface area (Å²) >= 11 is 0. The molecule has 2 aromatic carbocycles. The molecule has 6 nitrogen and oxygen atoms in total. The lowest BCUT2D eigenvalue weighted by Gasteiger charge is -2.29. The molecule has 0 radical (unpaired) electrons. The van der Waals surface area contributed by atoms with Gasteiger partial charge in [-0.25, -0.2) is 4.68 Å². The number of benzene rings is 2. The van der Waals surface area contributed by atoms with Crippen LogP contribution in [0.2, 0.25) is 0 Å². The van der Waals surface area contributed by atoms with Gasteiger partial charge in [-0.1, -0.05) is 42.5 Å². The van der Waals surface area contributed by atoms with Crippen molar-refractivity contribution in [2.45, 2.75) is 31.2 Å². The SMILES string of the molecule is Cc1nn2c(c1-c1ccccc1[S+](C)(=O)[O-])N(C(=O)Cc1ccccc1)CCC2. The summed E-state index contributed by atoms with van der Waals surface area (Å²) in [6.45, 7) is 3.15. The van der Waals surface area contributed by atoms with Crippen LogP contribution in [0.3, 0.4) is 0 Å². The molecule has 150 valence electrons. The van der Waals surface area contributed by atoms with Gasteiger partial charge >= 0.3 is 0 Å². The molecule has 0 saturated heterocycles. The Morgan fingerprint density at radius 3 is 2.52 bits per heavy atom. The number of hydrogen-bond acceptors (Lipinski definition) is 4. The minimum absolute atomic E-state index is 0.0184. The van der Waals surface area contributed by atoms with Crippen molar-refractivity contribution in [3.05, 3.63) is 65.9 Å². The minimum atomic E-state index is -3.43. The summed E-state index contributed by atoms with van der Waals surface area (Å²) in [5, 5.41) is 4.62. The van der Waals surface area contributed by atoms with E-state index in [2.05, 4.69) is 5.10 Å². The molecule has 0 aliphatic carbocycles. The van der Waals surface area contributed by atoms with Crippen molar-refractivity contribution in [2.75, 3.05) is 17.7 Å².